The minimum absolute atomic E-state index is 0.0548. The quantitative estimate of drug-likeness (QED) is 0.223. The summed E-state index contributed by atoms with van der Waals surface area (Å²) in [6.07, 6.45) is 10.0. The summed E-state index contributed by atoms with van der Waals surface area (Å²) in [5, 5.41) is 5.17. The molecule has 8 heterocycles. The minimum atomic E-state index is -1.76. The first-order valence-corrected chi connectivity index (χ1v) is 20.9. The number of hydrogen-bond donors (Lipinski definition) is 1. The summed E-state index contributed by atoms with van der Waals surface area (Å²) in [5.41, 5.74) is 0.720. The van der Waals surface area contributed by atoms with Gasteiger partial charge in [0, 0.05) is 36.9 Å². The van der Waals surface area contributed by atoms with Gasteiger partial charge in [-0.3, -0.25) is 9.88 Å². The van der Waals surface area contributed by atoms with Crippen LogP contribution in [0.5, 0.6) is 11.8 Å². The van der Waals surface area contributed by atoms with Crippen LogP contribution in [0.15, 0.2) is 36.5 Å². The molecule has 55 heavy (non-hydrogen) atoms. The van der Waals surface area contributed by atoms with Crippen LogP contribution in [0.3, 0.4) is 0 Å². The van der Waals surface area contributed by atoms with E-state index < -0.39 is 28.7 Å². The van der Waals surface area contributed by atoms with Gasteiger partial charge >= 0.3 is 12.1 Å². The van der Waals surface area contributed by atoms with Gasteiger partial charge in [0.15, 0.2) is 5.82 Å². The van der Waals surface area contributed by atoms with Crippen molar-refractivity contribution in [2.75, 3.05) is 50.8 Å². The molecule has 2 atom stereocenters. The SMILES string of the molecule is CC12CCCN(C1)c1nc(OCC34CCCN3CCC4)nc3c(F)c(ncc13)-c1cc(OS(=O)N3CCCC3(C)C)cc3cccc(c13)CCCOC(=O)N2. The van der Waals surface area contributed by atoms with Gasteiger partial charge in [-0.25, -0.2) is 9.18 Å². The van der Waals surface area contributed by atoms with Crippen LogP contribution >= 0.6 is 0 Å². The molecular weight excluding hydrogens is 722 g/mol. The summed E-state index contributed by atoms with van der Waals surface area (Å²) < 4.78 is 51.5. The third-order valence-corrected chi connectivity index (χ3v) is 14.0. The molecule has 6 aliphatic rings. The van der Waals surface area contributed by atoms with Crippen LogP contribution in [0.25, 0.3) is 32.9 Å². The van der Waals surface area contributed by atoms with Crippen molar-refractivity contribution in [1.82, 2.24) is 29.5 Å². The molecule has 2 aromatic heterocycles. The summed E-state index contributed by atoms with van der Waals surface area (Å²) in [6, 6.07) is 9.60. The molecule has 292 valence electrons. The summed E-state index contributed by atoms with van der Waals surface area (Å²) >= 11 is -1.76. The Hall–Kier alpha value is -4.14. The number of carbonyl (C=O) groups excluding carboxylic acids is 1. The smallest absolute Gasteiger partial charge is 0.407 e. The van der Waals surface area contributed by atoms with E-state index in [4.69, 9.17) is 28.6 Å². The van der Waals surface area contributed by atoms with E-state index in [0.29, 0.717) is 61.6 Å². The second-order valence-corrected chi connectivity index (χ2v) is 18.0. The number of rotatable bonds is 6. The number of aryl methyl sites for hydroxylation is 1. The Morgan fingerprint density at radius 1 is 0.982 bits per heavy atom. The Morgan fingerprint density at radius 2 is 1.78 bits per heavy atom. The average molecular weight is 772 g/mol. The zero-order valence-electron chi connectivity index (χ0n) is 32.0. The number of amides is 1. The van der Waals surface area contributed by atoms with Gasteiger partial charge in [0.2, 0.25) is 0 Å². The molecule has 0 radical (unpaired) electrons. The molecule has 12 nitrogen and oxygen atoms in total. The molecule has 0 spiro atoms. The normalized spacial score (nSPS) is 24.5. The standard InChI is InChI=1S/C41H50FN7O5S/c1-39(2)13-6-20-49(39)55(51)54-29-22-28-11-4-10-27-12-5-21-52-38(50)46-40(3)14-7-17-47(25-40)36-31-24-43-34(30(23-29)32(27)28)33(42)35(31)44-37(45-36)53-26-41-15-8-18-48(41)19-9-16-41/h4,10-11,22-24H,5-9,12-21,25-26H2,1-3H3,(H,46,50). The van der Waals surface area contributed by atoms with Gasteiger partial charge in [-0.2, -0.15) is 18.5 Å². The van der Waals surface area contributed by atoms with Crippen molar-refractivity contribution < 1.29 is 27.1 Å². The minimum Gasteiger partial charge on any atom is -0.461 e. The molecule has 1 amide bonds. The molecule has 0 saturated carbocycles. The predicted molar refractivity (Wildman–Crippen MR) is 210 cm³/mol. The van der Waals surface area contributed by atoms with Crippen LogP contribution in [0.1, 0.15) is 84.1 Å². The first-order valence-electron chi connectivity index (χ1n) is 19.9. The zero-order chi connectivity index (χ0) is 38.0. The highest BCUT2D eigenvalue weighted by molar-refractivity contribution is 7.78. The largest absolute Gasteiger partial charge is 0.461 e. The number of nitrogens with zero attached hydrogens (tertiary/aromatic N) is 6. The van der Waals surface area contributed by atoms with Crippen molar-refractivity contribution in [2.24, 2.45) is 0 Å². The summed E-state index contributed by atoms with van der Waals surface area (Å²) in [5.74, 6) is 0.273. The second kappa shape index (κ2) is 14.1. The molecule has 1 N–H and O–H groups in total. The van der Waals surface area contributed by atoms with Crippen LogP contribution in [-0.4, -0.2) is 97.0 Å². The highest BCUT2D eigenvalue weighted by atomic mass is 32.2. The van der Waals surface area contributed by atoms with E-state index in [1.165, 1.54) is 0 Å². The summed E-state index contributed by atoms with van der Waals surface area (Å²) in [6.45, 7) is 10.6. The first-order chi connectivity index (χ1) is 26.5. The fraction of sp³-hybridized carbons (Fsp3) is 0.561. The molecular formula is C41H50FN7O5S. The molecule has 0 aliphatic carbocycles. The number of anilines is 1. The lowest BCUT2D eigenvalue weighted by molar-refractivity contribution is 0.107. The lowest BCUT2D eigenvalue weighted by atomic mass is 9.91. The van der Waals surface area contributed by atoms with Crippen molar-refractivity contribution in [3.63, 3.8) is 0 Å². The van der Waals surface area contributed by atoms with Crippen LogP contribution in [0.4, 0.5) is 15.0 Å². The average Bonchev–Trinajstić information content (AvgIpc) is 3.85. The lowest BCUT2D eigenvalue weighted by Gasteiger charge is -2.41. The fourth-order valence-corrected chi connectivity index (χ4v) is 10.9. The van der Waals surface area contributed by atoms with E-state index in [0.717, 1.165) is 80.8 Å². The van der Waals surface area contributed by atoms with Crippen LogP contribution in [0.2, 0.25) is 0 Å². The molecule has 6 aliphatic heterocycles. The molecule has 2 aromatic carbocycles. The van der Waals surface area contributed by atoms with Gasteiger partial charge in [0.1, 0.15) is 29.4 Å². The number of pyridine rings is 1. The third-order valence-electron chi connectivity index (χ3n) is 12.6. The number of ether oxygens (including phenoxy) is 2. The van der Waals surface area contributed by atoms with E-state index >= 15 is 4.39 Å². The number of aromatic nitrogens is 3. The third kappa shape index (κ3) is 6.77. The molecule has 4 saturated heterocycles. The Kier molecular flexibility index (Phi) is 9.36. The maximum Gasteiger partial charge on any atom is 0.407 e. The van der Waals surface area contributed by atoms with E-state index in [9.17, 15) is 9.00 Å². The van der Waals surface area contributed by atoms with E-state index in [1.54, 1.807) is 12.3 Å². The number of hydrogen-bond acceptors (Lipinski definition) is 10. The Labute approximate surface area is 323 Å². The van der Waals surface area contributed by atoms with E-state index in [2.05, 4.69) is 29.0 Å². The van der Waals surface area contributed by atoms with Crippen LogP contribution in [-0.2, 0) is 22.4 Å². The summed E-state index contributed by atoms with van der Waals surface area (Å²) in [4.78, 5) is 32.3. The topological polar surface area (TPSA) is 122 Å². The number of alkyl carbamates (subject to hydrolysis) is 1. The fourth-order valence-electron chi connectivity index (χ4n) is 9.81. The van der Waals surface area contributed by atoms with Crippen molar-refractivity contribution >= 4 is 44.9 Å². The molecule has 6 bridgehead atoms. The molecule has 2 unspecified atom stereocenters. The monoisotopic (exact) mass is 771 g/mol. The maximum atomic E-state index is 17.5. The van der Waals surface area contributed by atoms with Gasteiger partial charge in [0.25, 0.3) is 11.3 Å². The van der Waals surface area contributed by atoms with Crippen LogP contribution < -0.4 is 19.1 Å². The van der Waals surface area contributed by atoms with Gasteiger partial charge < -0.3 is 23.9 Å². The highest BCUT2D eigenvalue weighted by Gasteiger charge is 2.45. The zero-order valence-corrected chi connectivity index (χ0v) is 32.8. The van der Waals surface area contributed by atoms with Crippen LogP contribution in [0, 0.1) is 5.82 Å². The number of benzene rings is 2. The molecule has 14 heteroatoms. The number of piperidine rings is 1. The highest BCUT2D eigenvalue weighted by Crippen LogP contribution is 2.42. The van der Waals surface area contributed by atoms with Gasteiger partial charge in [-0.15, -0.1) is 0 Å². The summed E-state index contributed by atoms with van der Waals surface area (Å²) in [7, 11) is 0. The Balaban J connectivity index is 1.20. The molecule has 4 aromatic rings. The molecule has 10 rings (SSSR count). The predicted octanol–water partition coefficient (Wildman–Crippen LogP) is 6.85. The van der Waals surface area contributed by atoms with Crippen molar-refractivity contribution in [2.45, 2.75) is 102 Å². The van der Waals surface area contributed by atoms with Gasteiger partial charge in [0.05, 0.1) is 23.1 Å². The Bertz CT molecular complexity index is 2180. The van der Waals surface area contributed by atoms with Crippen molar-refractivity contribution in [3.05, 3.63) is 47.9 Å². The number of fused-ring (bicyclic) bond motifs is 7. The van der Waals surface area contributed by atoms with Gasteiger partial charge in [-0.05, 0) is 127 Å². The van der Waals surface area contributed by atoms with Crippen molar-refractivity contribution in [1.29, 1.82) is 0 Å². The Morgan fingerprint density at radius 3 is 2.58 bits per heavy atom. The molecule has 4 fully saturated rings. The number of halogens is 1. The van der Waals surface area contributed by atoms with Crippen molar-refractivity contribution in [3.8, 4) is 23.0 Å². The number of carbonyl (C=O) groups is 1. The lowest BCUT2D eigenvalue weighted by Crippen LogP contribution is -2.57. The van der Waals surface area contributed by atoms with Gasteiger partial charge in [-0.1, -0.05) is 18.2 Å². The first kappa shape index (κ1) is 36.5. The van der Waals surface area contributed by atoms with E-state index in [-0.39, 0.29) is 34.9 Å². The maximum absolute atomic E-state index is 17.5. The van der Waals surface area contributed by atoms with E-state index in [1.807, 2.05) is 35.5 Å². The second-order valence-electron chi connectivity index (χ2n) is 17.0. The number of nitrogens with one attached hydrogen (secondary N) is 1.